The van der Waals surface area contributed by atoms with Crippen LogP contribution in [-0.4, -0.2) is 9.67 Å². The molecule has 0 unspecified atom stereocenters. The van der Waals surface area contributed by atoms with Crippen molar-refractivity contribution < 1.29 is 5.11 Å². The Hall–Kier alpha value is -2.48. The van der Waals surface area contributed by atoms with E-state index >= 15 is 0 Å². The summed E-state index contributed by atoms with van der Waals surface area (Å²) in [5.74, 6) is 0.319. The van der Waals surface area contributed by atoms with Crippen molar-refractivity contribution in [3.05, 3.63) is 65.4 Å². The average molecular weight is 263 g/mol. The Balaban J connectivity index is 2.00. The Morgan fingerprint density at radius 1 is 1.00 bits per heavy atom. The molecule has 2 heteroatoms. The number of phenols is 1. The fourth-order valence-corrected chi connectivity index (χ4v) is 2.44. The summed E-state index contributed by atoms with van der Waals surface area (Å²) in [4.78, 5) is 0. The van der Waals surface area contributed by atoms with Crippen LogP contribution >= 0.6 is 0 Å². The molecule has 1 aromatic heterocycles. The van der Waals surface area contributed by atoms with Crippen molar-refractivity contribution in [1.29, 1.82) is 0 Å². The van der Waals surface area contributed by atoms with Crippen molar-refractivity contribution in [2.75, 3.05) is 0 Å². The third kappa shape index (κ3) is 2.21. The Morgan fingerprint density at radius 3 is 2.55 bits per heavy atom. The van der Waals surface area contributed by atoms with Crippen LogP contribution in [0.2, 0.25) is 0 Å². The molecule has 0 aliphatic carbocycles. The van der Waals surface area contributed by atoms with Crippen LogP contribution in [0.15, 0.2) is 48.5 Å². The number of phenolic OH excluding ortho intramolecular Hbond substituents is 1. The molecule has 2 aromatic carbocycles. The highest BCUT2D eigenvalue weighted by atomic mass is 16.3. The molecule has 1 heterocycles. The number of benzene rings is 2. The van der Waals surface area contributed by atoms with Crippen LogP contribution in [0.3, 0.4) is 0 Å². The molecule has 0 spiro atoms. The fraction of sp³-hybridized carbons (Fsp3) is 0.111. The summed E-state index contributed by atoms with van der Waals surface area (Å²) in [6.45, 7) is 1.97. The topological polar surface area (TPSA) is 25.2 Å². The summed E-state index contributed by atoms with van der Waals surface area (Å²) in [7, 11) is 2.05. The summed E-state index contributed by atoms with van der Waals surface area (Å²) >= 11 is 0. The van der Waals surface area contributed by atoms with Gasteiger partial charge in [-0.1, -0.05) is 30.3 Å². The highest BCUT2D eigenvalue weighted by molar-refractivity contribution is 5.85. The second kappa shape index (κ2) is 4.89. The molecule has 0 amide bonds. The average Bonchev–Trinajstić information content (AvgIpc) is 2.75. The van der Waals surface area contributed by atoms with E-state index in [0.29, 0.717) is 5.75 Å². The molecule has 2 nitrogen and oxygen atoms in total. The van der Waals surface area contributed by atoms with E-state index in [9.17, 15) is 5.11 Å². The number of rotatable bonds is 2. The second-order valence-corrected chi connectivity index (χ2v) is 5.08. The molecule has 1 N–H and O–H groups in total. The quantitative estimate of drug-likeness (QED) is 0.730. The predicted octanol–water partition coefficient (Wildman–Crippen LogP) is 4.36. The van der Waals surface area contributed by atoms with Gasteiger partial charge >= 0.3 is 0 Å². The molecule has 0 bridgehead atoms. The third-order valence-electron chi connectivity index (χ3n) is 3.61. The maximum atomic E-state index is 9.92. The minimum atomic E-state index is 0.319. The van der Waals surface area contributed by atoms with E-state index in [0.717, 1.165) is 16.8 Å². The van der Waals surface area contributed by atoms with Gasteiger partial charge in [0.15, 0.2) is 0 Å². The van der Waals surface area contributed by atoms with Gasteiger partial charge in [-0.2, -0.15) is 0 Å². The fourth-order valence-electron chi connectivity index (χ4n) is 2.44. The van der Waals surface area contributed by atoms with E-state index in [4.69, 9.17) is 0 Å². The molecule has 0 atom stereocenters. The molecule has 0 radical (unpaired) electrons. The lowest BCUT2D eigenvalue weighted by Gasteiger charge is -2.01. The van der Waals surface area contributed by atoms with Crippen LogP contribution in [-0.2, 0) is 7.05 Å². The standard InChI is InChI=1S/C18H17NO/c1-13-7-8-14(18(20)11-13)9-10-16-12-15-5-3-4-6-17(15)19(16)2/h3-12,20H,1-2H3. The van der Waals surface area contributed by atoms with Crippen LogP contribution in [0.25, 0.3) is 23.1 Å². The van der Waals surface area contributed by atoms with Gasteiger partial charge in [0.25, 0.3) is 0 Å². The Bertz CT molecular complexity index is 796. The highest BCUT2D eigenvalue weighted by Gasteiger charge is 2.02. The maximum Gasteiger partial charge on any atom is 0.123 e. The molecule has 0 saturated heterocycles. The van der Waals surface area contributed by atoms with E-state index < -0.39 is 0 Å². The number of para-hydroxylation sites is 1. The minimum absolute atomic E-state index is 0.319. The first kappa shape index (κ1) is 12.5. The van der Waals surface area contributed by atoms with Crippen LogP contribution in [0.5, 0.6) is 5.75 Å². The Morgan fingerprint density at radius 2 is 1.80 bits per heavy atom. The van der Waals surface area contributed by atoms with Crippen molar-refractivity contribution in [3.63, 3.8) is 0 Å². The number of fused-ring (bicyclic) bond motifs is 1. The van der Waals surface area contributed by atoms with Crippen molar-refractivity contribution in [1.82, 2.24) is 4.57 Å². The smallest absolute Gasteiger partial charge is 0.123 e. The first-order chi connectivity index (χ1) is 9.65. The second-order valence-electron chi connectivity index (χ2n) is 5.08. The normalized spacial score (nSPS) is 11.5. The van der Waals surface area contributed by atoms with E-state index in [1.165, 1.54) is 10.9 Å². The van der Waals surface area contributed by atoms with Crippen LogP contribution in [0.4, 0.5) is 0 Å². The van der Waals surface area contributed by atoms with E-state index in [2.05, 4.69) is 29.8 Å². The van der Waals surface area contributed by atoms with Gasteiger partial charge < -0.3 is 9.67 Å². The van der Waals surface area contributed by atoms with Crippen LogP contribution in [0, 0.1) is 6.92 Å². The van der Waals surface area contributed by atoms with Gasteiger partial charge in [-0.25, -0.2) is 0 Å². The van der Waals surface area contributed by atoms with Gasteiger partial charge in [-0.15, -0.1) is 0 Å². The molecule has 3 rings (SSSR count). The van der Waals surface area contributed by atoms with Gasteiger partial charge in [0, 0.05) is 29.2 Å². The van der Waals surface area contributed by atoms with E-state index in [-0.39, 0.29) is 0 Å². The molecule has 0 aliphatic rings. The number of aryl methyl sites for hydroxylation is 2. The molecule has 3 aromatic rings. The van der Waals surface area contributed by atoms with Crippen molar-refractivity contribution in [3.8, 4) is 5.75 Å². The van der Waals surface area contributed by atoms with Gasteiger partial charge in [0.2, 0.25) is 0 Å². The summed E-state index contributed by atoms with van der Waals surface area (Å²) < 4.78 is 2.15. The summed E-state index contributed by atoms with van der Waals surface area (Å²) in [5.41, 5.74) is 4.22. The number of hydrogen-bond donors (Lipinski definition) is 1. The Kier molecular flexibility index (Phi) is 3.07. The predicted molar refractivity (Wildman–Crippen MR) is 84.7 cm³/mol. The summed E-state index contributed by atoms with van der Waals surface area (Å²) in [6.07, 6.45) is 3.98. The molecule has 0 fully saturated rings. The lowest BCUT2D eigenvalue weighted by atomic mass is 10.1. The van der Waals surface area contributed by atoms with E-state index in [1.807, 2.05) is 43.3 Å². The van der Waals surface area contributed by atoms with E-state index in [1.54, 1.807) is 6.07 Å². The lowest BCUT2D eigenvalue weighted by Crippen LogP contribution is -1.89. The number of hydrogen-bond acceptors (Lipinski definition) is 1. The lowest BCUT2D eigenvalue weighted by molar-refractivity contribution is 0.473. The first-order valence-corrected chi connectivity index (χ1v) is 6.67. The first-order valence-electron chi connectivity index (χ1n) is 6.67. The molecular weight excluding hydrogens is 246 g/mol. The molecule has 20 heavy (non-hydrogen) atoms. The van der Waals surface area contributed by atoms with Gasteiger partial charge in [0.05, 0.1) is 0 Å². The zero-order chi connectivity index (χ0) is 14.1. The number of nitrogens with zero attached hydrogens (tertiary/aromatic N) is 1. The SMILES string of the molecule is Cc1ccc(C=Cc2cc3ccccc3n2C)c(O)c1. The van der Waals surface area contributed by atoms with Gasteiger partial charge in [-0.3, -0.25) is 0 Å². The molecule has 100 valence electrons. The zero-order valence-corrected chi connectivity index (χ0v) is 11.7. The Labute approximate surface area is 118 Å². The van der Waals surface area contributed by atoms with Crippen molar-refractivity contribution in [2.45, 2.75) is 6.92 Å². The monoisotopic (exact) mass is 263 g/mol. The molecular formula is C18H17NO. The number of aromatic hydroxyl groups is 1. The zero-order valence-electron chi connectivity index (χ0n) is 11.7. The molecule has 0 saturated carbocycles. The maximum absolute atomic E-state index is 9.92. The minimum Gasteiger partial charge on any atom is -0.507 e. The van der Waals surface area contributed by atoms with Crippen LogP contribution in [0.1, 0.15) is 16.8 Å². The van der Waals surface area contributed by atoms with Crippen molar-refractivity contribution >= 4 is 23.1 Å². The van der Waals surface area contributed by atoms with Crippen LogP contribution < -0.4 is 0 Å². The number of aromatic nitrogens is 1. The summed E-state index contributed by atoms with van der Waals surface area (Å²) in [6, 6.07) is 16.2. The largest absolute Gasteiger partial charge is 0.507 e. The highest BCUT2D eigenvalue weighted by Crippen LogP contribution is 2.23. The third-order valence-corrected chi connectivity index (χ3v) is 3.61. The molecule has 0 aliphatic heterocycles. The summed E-state index contributed by atoms with van der Waals surface area (Å²) in [5, 5.41) is 11.1. The van der Waals surface area contributed by atoms with Crippen molar-refractivity contribution in [2.24, 2.45) is 7.05 Å². The van der Waals surface area contributed by atoms with Gasteiger partial charge in [0.1, 0.15) is 5.75 Å². The van der Waals surface area contributed by atoms with Gasteiger partial charge in [-0.05, 0) is 42.8 Å².